The summed E-state index contributed by atoms with van der Waals surface area (Å²) < 4.78 is 0. The minimum atomic E-state index is 1.03. The van der Waals surface area contributed by atoms with Crippen molar-refractivity contribution in [2.75, 3.05) is 6.54 Å². The second-order valence-corrected chi connectivity index (χ2v) is 5.33. The average Bonchev–Trinajstić information content (AvgIpc) is 2.48. The van der Waals surface area contributed by atoms with E-state index in [4.69, 9.17) is 0 Å². The van der Waals surface area contributed by atoms with Crippen molar-refractivity contribution >= 4 is 0 Å². The van der Waals surface area contributed by atoms with Gasteiger partial charge >= 0.3 is 0 Å². The zero-order chi connectivity index (χ0) is 13.1. The highest BCUT2D eigenvalue weighted by Crippen LogP contribution is 2.21. The van der Waals surface area contributed by atoms with Crippen LogP contribution in [-0.4, -0.2) is 6.54 Å². The Labute approximate surface area is 115 Å². The molecule has 2 aromatic rings. The monoisotopic (exact) mass is 251 g/mol. The van der Waals surface area contributed by atoms with Crippen LogP contribution in [0.5, 0.6) is 0 Å². The van der Waals surface area contributed by atoms with E-state index in [9.17, 15) is 0 Å². The third kappa shape index (κ3) is 2.71. The third-order valence-electron chi connectivity index (χ3n) is 4.07. The van der Waals surface area contributed by atoms with E-state index in [1.54, 1.807) is 0 Å². The Morgan fingerprint density at radius 3 is 2.58 bits per heavy atom. The second kappa shape index (κ2) is 5.58. The van der Waals surface area contributed by atoms with E-state index in [1.165, 1.54) is 27.8 Å². The molecule has 0 saturated carbocycles. The lowest BCUT2D eigenvalue weighted by Gasteiger charge is -2.20. The fourth-order valence-corrected chi connectivity index (χ4v) is 2.86. The predicted octanol–water partition coefficient (Wildman–Crippen LogP) is 3.49. The van der Waals surface area contributed by atoms with E-state index >= 15 is 0 Å². The van der Waals surface area contributed by atoms with Gasteiger partial charge in [-0.2, -0.15) is 0 Å². The summed E-state index contributed by atoms with van der Waals surface area (Å²) in [5.41, 5.74) is 7.36. The minimum Gasteiger partial charge on any atom is -0.312 e. The lowest BCUT2D eigenvalue weighted by atomic mass is 9.92. The molecule has 19 heavy (non-hydrogen) atoms. The van der Waals surface area contributed by atoms with Gasteiger partial charge in [0.15, 0.2) is 0 Å². The van der Waals surface area contributed by atoms with Gasteiger partial charge in [0, 0.05) is 6.54 Å². The largest absolute Gasteiger partial charge is 0.312 e. The molecule has 0 saturated heterocycles. The van der Waals surface area contributed by atoms with Gasteiger partial charge in [-0.1, -0.05) is 49.4 Å². The molecule has 1 nitrogen and oxygen atoms in total. The molecule has 0 aliphatic carbocycles. The highest BCUT2D eigenvalue weighted by atomic mass is 14.9. The summed E-state index contributed by atoms with van der Waals surface area (Å²) in [6, 6.07) is 15.8. The molecule has 1 aliphatic heterocycles. The molecule has 1 heteroatoms. The van der Waals surface area contributed by atoms with Crippen molar-refractivity contribution in [2.45, 2.75) is 32.7 Å². The zero-order valence-corrected chi connectivity index (χ0v) is 11.6. The molecule has 0 radical (unpaired) electrons. The van der Waals surface area contributed by atoms with Gasteiger partial charge < -0.3 is 5.32 Å². The van der Waals surface area contributed by atoms with Gasteiger partial charge in [0.05, 0.1) is 0 Å². The van der Waals surface area contributed by atoms with E-state index in [0.717, 1.165) is 32.4 Å². The summed E-state index contributed by atoms with van der Waals surface area (Å²) in [6.07, 6.45) is 3.33. The fourth-order valence-electron chi connectivity index (χ4n) is 2.86. The first-order valence-corrected chi connectivity index (χ1v) is 7.25. The average molecular weight is 251 g/mol. The number of nitrogens with one attached hydrogen (secondary N) is 1. The molecule has 0 bridgehead atoms. The van der Waals surface area contributed by atoms with Crippen LogP contribution in [0.15, 0.2) is 42.5 Å². The molecule has 1 heterocycles. The Morgan fingerprint density at radius 1 is 1.00 bits per heavy atom. The van der Waals surface area contributed by atoms with Crippen LogP contribution >= 0.6 is 0 Å². The molecule has 98 valence electrons. The summed E-state index contributed by atoms with van der Waals surface area (Å²) in [5, 5.41) is 3.49. The molecule has 0 unspecified atom stereocenters. The Bertz CT molecular complexity index is 554. The van der Waals surface area contributed by atoms with E-state index in [-0.39, 0.29) is 0 Å². The summed E-state index contributed by atoms with van der Waals surface area (Å²) in [6.45, 7) is 4.34. The standard InChI is InChI=1S/C18H21N/c1-2-14-6-8-15(9-7-14)12-17-5-3-4-16-10-11-19-13-18(16)17/h3-9,19H,2,10-13H2,1H3. The Balaban J connectivity index is 1.86. The zero-order valence-electron chi connectivity index (χ0n) is 11.6. The van der Waals surface area contributed by atoms with Crippen LogP contribution in [0, 0.1) is 0 Å². The summed E-state index contributed by atoms with van der Waals surface area (Å²) in [4.78, 5) is 0. The summed E-state index contributed by atoms with van der Waals surface area (Å²) in [5.74, 6) is 0. The highest BCUT2D eigenvalue weighted by Gasteiger charge is 2.12. The maximum atomic E-state index is 3.49. The van der Waals surface area contributed by atoms with Gasteiger partial charge in [-0.3, -0.25) is 0 Å². The molecular weight excluding hydrogens is 230 g/mol. The van der Waals surface area contributed by atoms with Gasteiger partial charge in [-0.25, -0.2) is 0 Å². The quantitative estimate of drug-likeness (QED) is 0.880. The molecule has 3 rings (SSSR count). The normalized spacial score (nSPS) is 14.2. The number of hydrogen-bond acceptors (Lipinski definition) is 1. The first-order valence-electron chi connectivity index (χ1n) is 7.25. The van der Waals surface area contributed by atoms with E-state index in [2.05, 4.69) is 54.7 Å². The Morgan fingerprint density at radius 2 is 1.79 bits per heavy atom. The van der Waals surface area contributed by atoms with Crippen LogP contribution in [-0.2, 0) is 25.8 Å². The second-order valence-electron chi connectivity index (χ2n) is 5.33. The third-order valence-corrected chi connectivity index (χ3v) is 4.07. The molecular formula is C18H21N. The van der Waals surface area contributed by atoms with E-state index < -0.39 is 0 Å². The molecule has 0 amide bonds. The van der Waals surface area contributed by atoms with Crippen molar-refractivity contribution in [1.29, 1.82) is 0 Å². The SMILES string of the molecule is CCc1ccc(Cc2cccc3c2CNCC3)cc1. The van der Waals surface area contributed by atoms with Gasteiger partial charge in [0.2, 0.25) is 0 Å². The molecule has 0 fully saturated rings. The van der Waals surface area contributed by atoms with Crippen molar-refractivity contribution in [3.8, 4) is 0 Å². The molecule has 1 aliphatic rings. The van der Waals surface area contributed by atoms with Crippen LogP contribution in [0.25, 0.3) is 0 Å². The van der Waals surface area contributed by atoms with Crippen molar-refractivity contribution in [3.63, 3.8) is 0 Å². The molecule has 1 N–H and O–H groups in total. The summed E-state index contributed by atoms with van der Waals surface area (Å²) >= 11 is 0. The Kier molecular flexibility index (Phi) is 3.65. The molecule has 0 aromatic heterocycles. The molecule has 2 aromatic carbocycles. The van der Waals surface area contributed by atoms with Crippen LogP contribution in [0.1, 0.15) is 34.7 Å². The van der Waals surface area contributed by atoms with Crippen molar-refractivity contribution in [2.24, 2.45) is 0 Å². The maximum absolute atomic E-state index is 3.49. The fraction of sp³-hybridized carbons (Fsp3) is 0.333. The lowest BCUT2D eigenvalue weighted by Crippen LogP contribution is -2.24. The summed E-state index contributed by atoms with van der Waals surface area (Å²) in [7, 11) is 0. The highest BCUT2D eigenvalue weighted by molar-refractivity contribution is 5.40. The first kappa shape index (κ1) is 12.4. The lowest BCUT2D eigenvalue weighted by molar-refractivity contribution is 0.639. The predicted molar refractivity (Wildman–Crippen MR) is 80.5 cm³/mol. The smallest absolute Gasteiger partial charge is 0.0211 e. The molecule has 0 spiro atoms. The minimum absolute atomic E-state index is 1.03. The topological polar surface area (TPSA) is 12.0 Å². The van der Waals surface area contributed by atoms with Gasteiger partial charge in [0.1, 0.15) is 0 Å². The van der Waals surface area contributed by atoms with Gasteiger partial charge in [-0.05, 0) is 53.6 Å². The van der Waals surface area contributed by atoms with Crippen LogP contribution in [0.4, 0.5) is 0 Å². The van der Waals surface area contributed by atoms with Crippen LogP contribution < -0.4 is 5.32 Å². The number of hydrogen-bond donors (Lipinski definition) is 1. The molecule has 0 atom stereocenters. The number of fused-ring (bicyclic) bond motifs is 1. The van der Waals surface area contributed by atoms with Crippen LogP contribution in [0.2, 0.25) is 0 Å². The number of rotatable bonds is 3. The van der Waals surface area contributed by atoms with Crippen molar-refractivity contribution < 1.29 is 0 Å². The van der Waals surface area contributed by atoms with Crippen LogP contribution in [0.3, 0.4) is 0 Å². The van der Waals surface area contributed by atoms with Gasteiger partial charge in [0.25, 0.3) is 0 Å². The maximum Gasteiger partial charge on any atom is 0.0211 e. The Hall–Kier alpha value is -1.60. The van der Waals surface area contributed by atoms with Crippen molar-refractivity contribution in [3.05, 3.63) is 70.3 Å². The first-order chi connectivity index (χ1) is 9.36. The van der Waals surface area contributed by atoms with E-state index in [1.807, 2.05) is 0 Å². The van der Waals surface area contributed by atoms with Gasteiger partial charge in [-0.15, -0.1) is 0 Å². The van der Waals surface area contributed by atoms with E-state index in [0.29, 0.717) is 0 Å². The van der Waals surface area contributed by atoms with Crippen molar-refractivity contribution in [1.82, 2.24) is 5.32 Å². The number of aryl methyl sites for hydroxylation is 1. The number of benzene rings is 2.